The molecule has 0 aromatic carbocycles. The van der Waals surface area contributed by atoms with Crippen molar-refractivity contribution in [2.45, 2.75) is 64.8 Å². The minimum Gasteiger partial charge on any atom is -0.372 e. The summed E-state index contributed by atoms with van der Waals surface area (Å²) in [4.78, 5) is 2.69. The number of likely N-dealkylation sites (tertiary alicyclic amines) is 1. The SMILES string of the molecule is CC1=C(N2CCCC[C@@H]2C)CCCC1. The van der Waals surface area contributed by atoms with Gasteiger partial charge in [0.15, 0.2) is 0 Å². The van der Waals surface area contributed by atoms with Crippen molar-refractivity contribution < 1.29 is 0 Å². The topological polar surface area (TPSA) is 3.24 Å². The maximum absolute atomic E-state index is 2.69. The molecule has 1 nitrogen and oxygen atoms in total. The second-order valence-corrected chi connectivity index (χ2v) is 4.97. The van der Waals surface area contributed by atoms with Crippen molar-refractivity contribution >= 4 is 0 Å². The molecule has 0 spiro atoms. The molecule has 0 unspecified atom stereocenters. The van der Waals surface area contributed by atoms with Gasteiger partial charge in [-0.15, -0.1) is 0 Å². The maximum atomic E-state index is 2.69. The van der Waals surface area contributed by atoms with Gasteiger partial charge >= 0.3 is 0 Å². The summed E-state index contributed by atoms with van der Waals surface area (Å²) in [6.07, 6.45) is 9.75. The van der Waals surface area contributed by atoms with E-state index in [-0.39, 0.29) is 0 Å². The lowest BCUT2D eigenvalue weighted by Gasteiger charge is -2.39. The molecule has 0 aromatic rings. The van der Waals surface area contributed by atoms with Crippen LogP contribution in [0, 0.1) is 0 Å². The van der Waals surface area contributed by atoms with Crippen LogP contribution < -0.4 is 0 Å². The molecule has 80 valence electrons. The normalized spacial score (nSPS) is 29.6. The van der Waals surface area contributed by atoms with Gasteiger partial charge in [0.1, 0.15) is 0 Å². The molecule has 1 saturated heterocycles. The van der Waals surface area contributed by atoms with Gasteiger partial charge in [0.2, 0.25) is 0 Å². The fourth-order valence-electron chi connectivity index (χ4n) is 2.93. The van der Waals surface area contributed by atoms with Crippen molar-refractivity contribution in [2.75, 3.05) is 6.54 Å². The van der Waals surface area contributed by atoms with Gasteiger partial charge in [0.05, 0.1) is 0 Å². The highest BCUT2D eigenvalue weighted by Gasteiger charge is 2.22. The quantitative estimate of drug-likeness (QED) is 0.613. The summed E-state index contributed by atoms with van der Waals surface area (Å²) in [5, 5.41) is 0. The van der Waals surface area contributed by atoms with Crippen molar-refractivity contribution in [1.29, 1.82) is 0 Å². The van der Waals surface area contributed by atoms with Crippen LogP contribution in [0.1, 0.15) is 58.8 Å². The van der Waals surface area contributed by atoms with Crippen LogP contribution in [-0.4, -0.2) is 17.5 Å². The van der Waals surface area contributed by atoms with Crippen molar-refractivity contribution in [3.8, 4) is 0 Å². The molecule has 2 aliphatic rings. The van der Waals surface area contributed by atoms with Crippen molar-refractivity contribution in [2.24, 2.45) is 0 Å². The summed E-state index contributed by atoms with van der Waals surface area (Å²) in [7, 11) is 0. The third-order valence-corrected chi connectivity index (χ3v) is 3.86. The van der Waals surface area contributed by atoms with E-state index in [1.54, 1.807) is 11.3 Å². The Morgan fingerprint density at radius 1 is 1.07 bits per heavy atom. The predicted molar refractivity (Wildman–Crippen MR) is 61.2 cm³/mol. The largest absolute Gasteiger partial charge is 0.372 e. The van der Waals surface area contributed by atoms with E-state index in [9.17, 15) is 0 Å². The van der Waals surface area contributed by atoms with E-state index >= 15 is 0 Å². The number of hydrogen-bond acceptors (Lipinski definition) is 1. The second-order valence-electron chi connectivity index (χ2n) is 4.97. The van der Waals surface area contributed by atoms with Crippen LogP contribution in [0.5, 0.6) is 0 Å². The molecule has 0 radical (unpaired) electrons. The van der Waals surface area contributed by atoms with Crippen LogP contribution in [0.25, 0.3) is 0 Å². The van der Waals surface area contributed by atoms with Crippen LogP contribution in [-0.2, 0) is 0 Å². The van der Waals surface area contributed by atoms with Crippen molar-refractivity contribution in [1.82, 2.24) is 4.90 Å². The van der Waals surface area contributed by atoms with Crippen molar-refractivity contribution in [3.05, 3.63) is 11.3 Å². The fraction of sp³-hybridized carbons (Fsp3) is 0.846. The molecule has 2 rings (SSSR count). The lowest BCUT2D eigenvalue weighted by atomic mass is 9.93. The Balaban J connectivity index is 2.11. The summed E-state index contributed by atoms with van der Waals surface area (Å²) in [6, 6.07) is 0.798. The molecular weight excluding hydrogens is 170 g/mol. The van der Waals surface area contributed by atoms with Crippen LogP contribution >= 0.6 is 0 Å². The summed E-state index contributed by atoms with van der Waals surface area (Å²) < 4.78 is 0. The molecule has 0 saturated carbocycles. The fourth-order valence-corrected chi connectivity index (χ4v) is 2.93. The Hall–Kier alpha value is -0.460. The van der Waals surface area contributed by atoms with Crippen molar-refractivity contribution in [3.63, 3.8) is 0 Å². The van der Waals surface area contributed by atoms with Gasteiger partial charge in [-0.25, -0.2) is 0 Å². The van der Waals surface area contributed by atoms with Crippen LogP contribution in [0.4, 0.5) is 0 Å². The predicted octanol–water partition coefficient (Wildman–Crippen LogP) is 3.71. The smallest absolute Gasteiger partial charge is 0.0258 e. The summed E-state index contributed by atoms with van der Waals surface area (Å²) >= 11 is 0. The number of hydrogen-bond donors (Lipinski definition) is 0. The molecule has 14 heavy (non-hydrogen) atoms. The van der Waals surface area contributed by atoms with E-state index in [0.717, 1.165) is 6.04 Å². The van der Waals surface area contributed by atoms with Gasteiger partial charge in [-0.1, -0.05) is 5.57 Å². The second kappa shape index (κ2) is 4.37. The van der Waals surface area contributed by atoms with Crippen LogP contribution in [0.3, 0.4) is 0 Å². The minimum atomic E-state index is 0.798. The monoisotopic (exact) mass is 193 g/mol. The molecule has 0 N–H and O–H groups in total. The number of allylic oxidation sites excluding steroid dienone is 2. The highest BCUT2D eigenvalue weighted by atomic mass is 15.2. The molecule has 1 atom stereocenters. The molecule has 0 amide bonds. The van der Waals surface area contributed by atoms with Gasteiger partial charge in [-0.3, -0.25) is 0 Å². The van der Waals surface area contributed by atoms with E-state index in [2.05, 4.69) is 18.7 Å². The van der Waals surface area contributed by atoms with Gasteiger partial charge in [-0.2, -0.15) is 0 Å². The zero-order valence-corrected chi connectivity index (χ0v) is 9.68. The molecule has 1 heteroatoms. The third-order valence-electron chi connectivity index (χ3n) is 3.86. The molecule has 1 fully saturated rings. The van der Waals surface area contributed by atoms with E-state index in [1.165, 1.54) is 51.5 Å². The standard InChI is InChI=1S/C13H23N/c1-11-7-3-4-9-13(11)14-10-6-5-8-12(14)2/h12H,3-10H2,1-2H3/t12-/m0/s1. The van der Waals surface area contributed by atoms with Gasteiger partial charge in [0, 0.05) is 18.3 Å². The molecule has 0 bridgehead atoms. The van der Waals surface area contributed by atoms with Crippen LogP contribution in [0.15, 0.2) is 11.3 Å². The Morgan fingerprint density at radius 2 is 1.86 bits per heavy atom. The third kappa shape index (κ3) is 1.97. The Bertz CT molecular complexity index is 229. The summed E-state index contributed by atoms with van der Waals surface area (Å²) in [6.45, 7) is 6.05. The zero-order valence-electron chi connectivity index (χ0n) is 9.68. The molecule has 1 heterocycles. The zero-order chi connectivity index (χ0) is 9.97. The van der Waals surface area contributed by atoms with Gasteiger partial charge < -0.3 is 4.90 Å². The van der Waals surface area contributed by atoms with Gasteiger partial charge in [0.25, 0.3) is 0 Å². The number of piperidine rings is 1. The maximum Gasteiger partial charge on any atom is 0.0258 e. The van der Waals surface area contributed by atoms with E-state index in [1.807, 2.05) is 0 Å². The first kappa shape index (κ1) is 10.1. The lowest BCUT2D eigenvalue weighted by molar-refractivity contribution is 0.196. The molecule has 1 aliphatic carbocycles. The van der Waals surface area contributed by atoms with E-state index in [0.29, 0.717) is 0 Å². The molecular formula is C13H23N. The molecule has 1 aliphatic heterocycles. The average molecular weight is 193 g/mol. The Kier molecular flexibility index (Phi) is 3.15. The first-order chi connectivity index (χ1) is 6.79. The van der Waals surface area contributed by atoms with E-state index in [4.69, 9.17) is 0 Å². The highest BCUT2D eigenvalue weighted by molar-refractivity contribution is 5.15. The Labute approximate surface area is 88.2 Å². The lowest BCUT2D eigenvalue weighted by Crippen LogP contribution is -2.37. The molecule has 0 aromatic heterocycles. The Morgan fingerprint density at radius 3 is 2.57 bits per heavy atom. The first-order valence-corrected chi connectivity index (χ1v) is 6.24. The minimum absolute atomic E-state index is 0.798. The summed E-state index contributed by atoms with van der Waals surface area (Å²) in [5.41, 5.74) is 3.37. The first-order valence-electron chi connectivity index (χ1n) is 6.24. The van der Waals surface area contributed by atoms with Gasteiger partial charge in [-0.05, 0) is 58.8 Å². The van der Waals surface area contributed by atoms with E-state index < -0.39 is 0 Å². The highest BCUT2D eigenvalue weighted by Crippen LogP contribution is 2.31. The number of rotatable bonds is 1. The van der Waals surface area contributed by atoms with Crippen LogP contribution in [0.2, 0.25) is 0 Å². The number of nitrogens with zero attached hydrogens (tertiary/aromatic N) is 1. The average Bonchev–Trinajstić information content (AvgIpc) is 2.20. The summed E-state index contributed by atoms with van der Waals surface area (Å²) in [5.74, 6) is 0.